The molecule has 0 atom stereocenters. The number of fused-ring (bicyclic) bond motifs is 1. The lowest BCUT2D eigenvalue weighted by atomic mass is 9.98. The molecule has 1 N–H and O–H groups in total. The highest BCUT2D eigenvalue weighted by Crippen LogP contribution is 2.34. The minimum atomic E-state index is 0.490. The molecule has 0 aliphatic carbocycles. The first-order valence-electron chi connectivity index (χ1n) is 8.88. The summed E-state index contributed by atoms with van der Waals surface area (Å²) in [7, 11) is 3.81. The fraction of sp³-hybridized carbons (Fsp3) is 0.286. The number of hydrogen-bond acceptors (Lipinski definition) is 4. The first-order valence-corrected chi connectivity index (χ1v) is 8.88. The van der Waals surface area contributed by atoms with E-state index in [0.29, 0.717) is 6.61 Å². The maximum atomic E-state index is 6.01. The third-order valence-electron chi connectivity index (χ3n) is 4.86. The highest BCUT2D eigenvalue weighted by Gasteiger charge is 2.17. The maximum absolute atomic E-state index is 6.01. The molecule has 0 saturated carbocycles. The van der Waals surface area contributed by atoms with Crippen LogP contribution < -0.4 is 14.4 Å². The summed E-state index contributed by atoms with van der Waals surface area (Å²) in [6.45, 7) is 1.61. The van der Waals surface area contributed by atoms with Gasteiger partial charge in [0.15, 0.2) is 5.75 Å². The van der Waals surface area contributed by atoms with Crippen LogP contribution in [-0.4, -0.2) is 30.9 Å². The first-order chi connectivity index (χ1) is 12.7. The molecule has 0 spiro atoms. The van der Waals surface area contributed by atoms with Crippen LogP contribution in [0.4, 0.5) is 5.69 Å². The van der Waals surface area contributed by atoms with Gasteiger partial charge in [-0.05, 0) is 48.2 Å². The Morgan fingerprint density at radius 2 is 2.00 bits per heavy atom. The Labute approximate surface area is 153 Å². The molecule has 0 amide bonds. The van der Waals surface area contributed by atoms with Gasteiger partial charge in [-0.2, -0.15) is 5.10 Å². The Kier molecular flexibility index (Phi) is 4.52. The quantitative estimate of drug-likeness (QED) is 0.755. The number of benzene rings is 2. The van der Waals surface area contributed by atoms with E-state index in [4.69, 9.17) is 9.47 Å². The zero-order valence-electron chi connectivity index (χ0n) is 15.2. The number of aromatic nitrogens is 2. The molecule has 4 rings (SSSR count). The number of anilines is 1. The van der Waals surface area contributed by atoms with E-state index in [1.165, 1.54) is 17.7 Å². The van der Waals surface area contributed by atoms with Crippen molar-refractivity contribution in [1.29, 1.82) is 0 Å². The van der Waals surface area contributed by atoms with Gasteiger partial charge in [0.1, 0.15) is 18.1 Å². The fourth-order valence-corrected chi connectivity index (χ4v) is 3.41. The van der Waals surface area contributed by atoms with E-state index in [-0.39, 0.29) is 0 Å². The molecule has 5 nitrogen and oxygen atoms in total. The van der Waals surface area contributed by atoms with Crippen molar-refractivity contribution in [2.75, 3.05) is 25.6 Å². The number of aryl methyl sites for hydroxylation is 1. The van der Waals surface area contributed by atoms with Crippen molar-refractivity contribution < 1.29 is 9.47 Å². The smallest absolute Gasteiger partial charge is 0.165 e. The van der Waals surface area contributed by atoms with E-state index in [9.17, 15) is 0 Å². The molecule has 1 aromatic heterocycles. The molecule has 2 aromatic carbocycles. The van der Waals surface area contributed by atoms with Crippen LogP contribution in [0.1, 0.15) is 17.5 Å². The average Bonchev–Trinajstić information content (AvgIpc) is 3.15. The van der Waals surface area contributed by atoms with Gasteiger partial charge in [0, 0.05) is 24.8 Å². The van der Waals surface area contributed by atoms with Crippen molar-refractivity contribution in [2.24, 2.45) is 0 Å². The molecular formula is C21H23N3O2. The van der Waals surface area contributed by atoms with Crippen molar-refractivity contribution >= 4 is 5.69 Å². The van der Waals surface area contributed by atoms with Crippen LogP contribution in [0.25, 0.3) is 11.3 Å². The lowest BCUT2D eigenvalue weighted by Gasteiger charge is -2.27. The number of methoxy groups -OCH3 is 1. The van der Waals surface area contributed by atoms with Gasteiger partial charge in [0.2, 0.25) is 0 Å². The Hall–Kier alpha value is -2.95. The summed E-state index contributed by atoms with van der Waals surface area (Å²) in [6, 6.07) is 14.4. The molecule has 1 aliphatic heterocycles. The van der Waals surface area contributed by atoms with Gasteiger partial charge in [-0.3, -0.25) is 5.10 Å². The van der Waals surface area contributed by atoms with Crippen molar-refractivity contribution in [3.05, 3.63) is 59.8 Å². The van der Waals surface area contributed by atoms with Crippen molar-refractivity contribution in [3.63, 3.8) is 0 Å². The van der Waals surface area contributed by atoms with Gasteiger partial charge in [-0.25, -0.2) is 0 Å². The van der Waals surface area contributed by atoms with E-state index in [0.717, 1.165) is 41.3 Å². The van der Waals surface area contributed by atoms with Crippen LogP contribution in [0.2, 0.25) is 0 Å². The molecule has 134 valence electrons. The minimum Gasteiger partial charge on any atom is -0.497 e. The van der Waals surface area contributed by atoms with E-state index in [1.807, 2.05) is 30.5 Å². The summed E-state index contributed by atoms with van der Waals surface area (Å²) in [5, 5.41) is 7.35. The van der Waals surface area contributed by atoms with Gasteiger partial charge < -0.3 is 14.4 Å². The van der Waals surface area contributed by atoms with Gasteiger partial charge in [-0.1, -0.05) is 18.2 Å². The van der Waals surface area contributed by atoms with E-state index in [1.54, 1.807) is 7.11 Å². The van der Waals surface area contributed by atoms with Crippen LogP contribution in [-0.2, 0) is 13.0 Å². The normalized spacial score (nSPS) is 13.4. The van der Waals surface area contributed by atoms with Crippen LogP contribution in [0.15, 0.2) is 48.7 Å². The fourth-order valence-electron chi connectivity index (χ4n) is 3.41. The molecular weight excluding hydrogens is 326 g/mol. The lowest BCUT2D eigenvalue weighted by Crippen LogP contribution is -2.24. The average molecular weight is 349 g/mol. The Morgan fingerprint density at radius 1 is 1.15 bits per heavy atom. The predicted octanol–water partition coefficient (Wildman–Crippen LogP) is 4.05. The molecule has 0 radical (unpaired) electrons. The molecule has 0 fully saturated rings. The van der Waals surface area contributed by atoms with Crippen molar-refractivity contribution in [3.8, 4) is 22.8 Å². The molecule has 0 bridgehead atoms. The van der Waals surface area contributed by atoms with Crippen LogP contribution in [0.3, 0.4) is 0 Å². The standard InChI is InChI=1S/C21H23N3O2/c1-24-11-3-4-16-12-17(7-10-19(16)24)21-20(13-22-23-21)26-14-15-5-8-18(25-2)9-6-15/h5-10,12-13H,3-4,11,14H2,1-2H3,(H,22,23). The highest BCUT2D eigenvalue weighted by atomic mass is 16.5. The second-order valence-corrected chi connectivity index (χ2v) is 6.60. The van der Waals surface area contributed by atoms with Crippen LogP contribution in [0, 0.1) is 0 Å². The summed E-state index contributed by atoms with van der Waals surface area (Å²) in [5.74, 6) is 1.61. The number of nitrogens with zero attached hydrogens (tertiary/aromatic N) is 2. The van der Waals surface area contributed by atoms with E-state index in [2.05, 4.69) is 40.3 Å². The molecule has 5 heteroatoms. The minimum absolute atomic E-state index is 0.490. The summed E-state index contributed by atoms with van der Waals surface area (Å²) >= 11 is 0. The van der Waals surface area contributed by atoms with Gasteiger partial charge in [-0.15, -0.1) is 0 Å². The lowest BCUT2D eigenvalue weighted by molar-refractivity contribution is 0.307. The summed E-state index contributed by atoms with van der Waals surface area (Å²) in [4.78, 5) is 2.31. The maximum Gasteiger partial charge on any atom is 0.165 e. The molecule has 0 saturated heterocycles. The first kappa shape index (κ1) is 16.5. The summed E-state index contributed by atoms with van der Waals surface area (Å²) in [5.41, 5.74) is 5.72. The van der Waals surface area contributed by atoms with E-state index >= 15 is 0 Å². The SMILES string of the molecule is COc1ccc(COc2c[nH]nc2-c2ccc3c(c2)CCCN3C)cc1. The Bertz CT molecular complexity index is 887. The molecule has 0 unspecified atom stereocenters. The van der Waals surface area contributed by atoms with Gasteiger partial charge >= 0.3 is 0 Å². The number of hydrogen-bond donors (Lipinski definition) is 1. The zero-order chi connectivity index (χ0) is 17.9. The molecule has 3 aromatic rings. The highest BCUT2D eigenvalue weighted by molar-refractivity contribution is 5.71. The summed E-state index contributed by atoms with van der Waals surface area (Å²) in [6.07, 6.45) is 4.11. The third-order valence-corrected chi connectivity index (χ3v) is 4.86. The predicted molar refractivity (Wildman–Crippen MR) is 103 cm³/mol. The zero-order valence-corrected chi connectivity index (χ0v) is 15.2. The molecule has 26 heavy (non-hydrogen) atoms. The van der Waals surface area contributed by atoms with Gasteiger partial charge in [0.25, 0.3) is 0 Å². The number of nitrogens with one attached hydrogen (secondary N) is 1. The largest absolute Gasteiger partial charge is 0.497 e. The second-order valence-electron chi connectivity index (χ2n) is 6.60. The monoisotopic (exact) mass is 349 g/mol. The molecule has 1 aliphatic rings. The van der Waals surface area contributed by atoms with E-state index < -0.39 is 0 Å². The van der Waals surface area contributed by atoms with Crippen LogP contribution in [0.5, 0.6) is 11.5 Å². The summed E-state index contributed by atoms with van der Waals surface area (Å²) < 4.78 is 11.2. The number of H-pyrrole nitrogens is 1. The number of ether oxygens (including phenoxy) is 2. The Balaban J connectivity index is 1.53. The van der Waals surface area contributed by atoms with Crippen molar-refractivity contribution in [2.45, 2.75) is 19.4 Å². The number of rotatable bonds is 5. The molecule has 2 heterocycles. The topological polar surface area (TPSA) is 50.4 Å². The second kappa shape index (κ2) is 7.12. The Morgan fingerprint density at radius 3 is 2.81 bits per heavy atom. The van der Waals surface area contributed by atoms with Crippen molar-refractivity contribution in [1.82, 2.24) is 10.2 Å². The van der Waals surface area contributed by atoms with Gasteiger partial charge in [0.05, 0.1) is 13.3 Å². The third kappa shape index (κ3) is 3.25. The number of aromatic amines is 1. The van der Waals surface area contributed by atoms with Crippen LogP contribution >= 0.6 is 0 Å².